The maximum absolute atomic E-state index is 12.2. The van der Waals surface area contributed by atoms with Crippen molar-refractivity contribution in [3.63, 3.8) is 0 Å². The Morgan fingerprint density at radius 1 is 1.50 bits per heavy atom. The molecule has 0 aliphatic rings. The summed E-state index contributed by atoms with van der Waals surface area (Å²) in [5.41, 5.74) is 0.886. The Labute approximate surface area is 64.7 Å². The van der Waals surface area contributed by atoms with Crippen LogP contribution in [0, 0.1) is 5.82 Å². The molecule has 0 bridgehead atoms. The number of hydrogen-bond donors (Lipinski definition) is 1. The van der Waals surface area contributed by atoms with Gasteiger partial charge in [0.15, 0.2) is 0 Å². The van der Waals surface area contributed by atoms with E-state index in [0.29, 0.717) is 0 Å². The molecule has 0 atom stereocenters. The molecule has 0 unspecified atom stereocenters. The first-order valence-corrected chi connectivity index (χ1v) is 3.67. The Morgan fingerprint density at radius 2 is 2.30 bits per heavy atom. The van der Waals surface area contributed by atoms with Gasteiger partial charge in [0.05, 0.1) is 6.20 Å². The summed E-state index contributed by atoms with van der Waals surface area (Å²) in [4.78, 5) is 3.84. The number of halogens is 1. The van der Waals surface area contributed by atoms with Crippen LogP contribution in [0.25, 0.3) is 0 Å². The van der Waals surface area contributed by atoms with E-state index in [0.717, 1.165) is 17.9 Å². The summed E-state index contributed by atoms with van der Waals surface area (Å²) in [7, 11) is 0. The number of pyridine rings is 1. The number of aromatic nitrogens is 1. The summed E-state index contributed by atoms with van der Waals surface area (Å²) in [5.74, 6) is 0.460. The Hall–Kier alpha value is -0.570. The number of hydrogen-bond acceptors (Lipinski definition) is 2. The van der Waals surface area contributed by atoms with Crippen molar-refractivity contribution < 1.29 is 4.39 Å². The first kappa shape index (κ1) is 7.54. The molecule has 10 heavy (non-hydrogen) atoms. The van der Waals surface area contributed by atoms with Gasteiger partial charge in [-0.15, -0.1) is 0 Å². The number of nitrogens with zero attached hydrogens (tertiary/aromatic N) is 1. The molecule has 0 N–H and O–H groups in total. The standard InChI is InChI=1S/C7H8FNS/c8-6-1-2-7(3-4-10)9-5-6/h1-2,5,10H,3-4H2. The smallest absolute Gasteiger partial charge is 0.141 e. The Kier molecular flexibility index (Phi) is 2.68. The van der Waals surface area contributed by atoms with Gasteiger partial charge in [-0.3, -0.25) is 4.98 Å². The van der Waals surface area contributed by atoms with Gasteiger partial charge in [-0.05, 0) is 24.3 Å². The highest BCUT2D eigenvalue weighted by Crippen LogP contribution is 1.99. The van der Waals surface area contributed by atoms with E-state index in [1.165, 1.54) is 12.3 Å². The quantitative estimate of drug-likeness (QED) is 0.645. The molecule has 0 radical (unpaired) electrons. The van der Waals surface area contributed by atoms with Gasteiger partial charge in [0.1, 0.15) is 5.82 Å². The molecule has 0 saturated carbocycles. The zero-order valence-electron chi connectivity index (χ0n) is 5.42. The van der Waals surface area contributed by atoms with Crippen molar-refractivity contribution >= 4 is 12.6 Å². The average molecular weight is 157 g/mol. The number of rotatable bonds is 2. The number of thiol groups is 1. The Bertz CT molecular complexity index is 197. The van der Waals surface area contributed by atoms with Crippen LogP contribution in [0.15, 0.2) is 18.3 Å². The summed E-state index contributed by atoms with van der Waals surface area (Å²) < 4.78 is 12.2. The Morgan fingerprint density at radius 3 is 2.80 bits per heavy atom. The molecule has 3 heteroatoms. The fourth-order valence-corrected chi connectivity index (χ4v) is 0.898. The van der Waals surface area contributed by atoms with Crippen molar-refractivity contribution in [3.05, 3.63) is 29.8 Å². The summed E-state index contributed by atoms with van der Waals surface area (Å²) >= 11 is 4.02. The third-order valence-electron chi connectivity index (χ3n) is 1.16. The van der Waals surface area contributed by atoms with Gasteiger partial charge in [0.25, 0.3) is 0 Å². The predicted octanol–water partition coefficient (Wildman–Crippen LogP) is 1.69. The molecular formula is C7H8FNS. The zero-order valence-corrected chi connectivity index (χ0v) is 6.31. The van der Waals surface area contributed by atoms with Gasteiger partial charge in [-0.25, -0.2) is 4.39 Å². The minimum Gasteiger partial charge on any atom is -0.258 e. The Balaban J connectivity index is 2.69. The minimum atomic E-state index is -0.289. The van der Waals surface area contributed by atoms with Gasteiger partial charge in [-0.2, -0.15) is 12.6 Å². The molecule has 0 saturated heterocycles. The maximum Gasteiger partial charge on any atom is 0.141 e. The molecule has 1 aromatic heterocycles. The second-order valence-electron chi connectivity index (χ2n) is 1.94. The second-order valence-corrected chi connectivity index (χ2v) is 2.39. The first-order valence-electron chi connectivity index (χ1n) is 3.04. The second kappa shape index (κ2) is 3.56. The summed E-state index contributed by atoms with van der Waals surface area (Å²) in [5, 5.41) is 0. The van der Waals surface area contributed by atoms with Crippen LogP contribution in [0.1, 0.15) is 5.69 Å². The van der Waals surface area contributed by atoms with Gasteiger partial charge in [0.2, 0.25) is 0 Å². The molecule has 0 fully saturated rings. The van der Waals surface area contributed by atoms with Crippen LogP contribution in [0.5, 0.6) is 0 Å². The largest absolute Gasteiger partial charge is 0.258 e. The van der Waals surface area contributed by atoms with Gasteiger partial charge in [0, 0.05) is 5.69 Å². The highest BCUT2D eigenvalue weighted by Gasteiger charge is 1.92. The third kappa shape index (κ3) is 1.99. The van der Waals surface area contributed by atoms with Crippen LogP contribution in [0.4, 0.5) is 4.39 Å². The van der Waals surface area contributed by atoms with Crippen LogP contribution >= 0.6 is 12.6 Å². The third-order valence-corrected chi connectivity index (χ3v) is 1.38. The van der Waals surface area contributed by atoms with E-state index in [-0.39, 0.29) is 5.82 Å². The van der Waals surface area contributed by atoms with Crippen molar-refractivity contribution in [1.29, 1.82) is 0 Å². The highest BCUT2D eigenvalue weighted by atomic mass is 32.1. The lowest BCUT2D eigenvalue weighted by Crippen LogP contribution is -1.90. The molecule has 1 aromatic rings. The van der Waals surface area contributed by atoms with E-state index >= 15 is 0 Å². The van der Waals surface area contributed by atoms with Gasteiger partial charge < -0.3 is 0 Å². The van der Waals surface area contributed by atoms with Crippen LogP contribution in [0.3, 0.4) is 0 Å². The van der Waals surface area contributed by atoms with Crippen molar-refractivity contribution in [1.82, 2.24) is 4.98 Å². The molecule has 1 nitrogen and oxygen atoms in total. The lowest BCUT2D eigenvalue weighted by atomic mass is 10.3. The fourth-order valence-electron chi connectivity index (χ4n) is 0.669. The molecule has 0 aromatic carbocycles. The normalized spacial score (nSPS) is 9.80. The molecule has 0 aliphatic carbocycles. The van der Waals surface area contributed by atoms with Crippen LogP contribution < -0.4 is 0 Å². The zero-order chi connectivity index (χ0) is 7.40. The van der Waals surface area contributed by atoms with Crippen molar-refractivity contribution in [2.24, 2.45) is 0 Å². The summed E-state index contributed by atoms with van der Waals surface area (Å²) in [6, 6.07) is 3.08. The topological polar surface area (TPSA) is 12.9 Å². The minimum absolute atomic E-state index is 0.289. The van der Waals surface area contributed by atoms with E-state index in [1.54, 1.807) is 6.07 Å². The van der Waals surface area contributed by atoms with E-state index in [9.17, 15) is 4.39 Å². The van der Waals surface area contributed by atoms with Crippen molar-refractivity contribution in [2.45, 2.75) is 6.42 Å². The summed E-state index contributed by atoms with van der Waals surface area (Å²) in [6.07, 6.45) is 2.02. The lowest BCUT2D eigenvalue weighted by Gasteiger charge is -1.94. The molecular weight excluding hydrogens is 149 g/mol. The van der Waals surface area contributed by atoms with E-state index in [4.69, 9.17) is 0 Å². The van der Waals surface area contributed by atoms with Crippen LogP contribution in [-0.2, 0) is 6.42 Å². The van der Waals surface area contributed by atoms with E-state index in [1.807, 2.05) is 0 Å². The molecule has 1 rings (SSSR count). The number of aryl methyl sites for hydroxylation is 1. The van der Waals surface area contributed by atoms with Crippen LogP contribution in [0.2, 0.25) is 0 Å². The highest BCUT2D eigenvalue weighted by molar-refractivity contribution is 7.80. The predicted molar refractivity (Wildman–Crippen MR) is 41.8 cm³/mol. The van der Waals surface area contributed by atoms with E-state index in [2.05, 4.69) is 17.6 Å². The fraction of sp³-hybridized carbons (Fsp3) is 0.286. The SMILES string of the molecule is Fc1ccc(CCS)nc1. The average Bonchev–Trinajstić information content (AvgIpc) is 1.95. The molecule has 1 heterocycles. The molecule has 0 aliphatic heterocycles. The lowest BCUT2D eigenvalue weighted by molar-refractivity contribution is 0.619. The maximum atomic E-state index is 12.2. The van der Waals surface area contributed by atoms with Crippen molar-refractivity contribution in [2.75, 3.05) is 5.75 Å². The molecule has 54 valence electrons. The monoisotopic (exact) mass is 157 g/mol. The first-order chi connectivity index (χ1) is 4.83. The van der Waals surface area contributed by atoms with Gasteiger partial charge >= 0.3 is 0 Å². The summed E-state index contributed by atoms with van der Waals surface area (Å²) in [6.45, 7) is 0. The van der Waals surface area contributed by atoms with Gasteiger partial charge in [-0.1, -0.05) is 0 Å². The molecule has 0 amide bonds. The molecule has 0 spiro atoms. The van der Waals surface area contributed by atoms with Crippen LogP contribution in [-0.4, -0.2) is 10.7 Å². The van der Waals surface area contributed by atoms with E-state index < -0.39 is 0 Å². The van der Waals surface area contributed by atoms with Crippen molar-refractivity contribution in [3.8, 4) is 0 Å².